The number of aromatic amines is 1. The summed E-state index contributed by atoms with van der Waals surface area (Å²) >= 11 is 1.18. The summed E-state index contributed by atoms with van der Waals surface area (Å²) in [6, 6.07) is 7.23. The zero-order valence-corrected chi connectivity index (χ0v) is 7.60. The van der Waals surface area contributed by atoms with Gasteiger partial charge in [-0.2, -0.15) is 0 Å². The molecule has 1 heterocycles. The number of rotatable bonds is 1. The molecule has 0 aliphatic carbocycles. The summed E-state index contributed by atoms with van der Waals surface area (Å²) in [5.41, 5.74) is 0.592. The molecule has 0 fully saturated rings. The van der Waals surface area contributed by atoms with Crippen LogP contribution in [0.25, 0.3) is 10.9 Å². The highest BCUT2D eigenvalue weighted by atomic mass is 32.2. The van der Waals surface area contributed by atoms with Crippen LogP contribution in [0.1, 0.15) is 0 Å². The number of para-hydroxylation sites is 1. The maximum absolute atomic E-state index is 11.4. The molecule has 13 heavy (non-hydrogen) atoms. The van der Waals surface area contributed by atoms with Gasteiger partial charge in [0.1, 0.15) is 0 Å². The van der Waals surface area contributed by atoms with Crippen LogP contribution in [0.2, 0.25) is 0 Å². The summed E-state index contributed by atoms with van der Waals surface area (Å²) in [5, 5.41) is 1.16. The fourth-order valence-electron chi connectivity index (χ4n) is 1.13. The highest BCUT2D eigenvalue weighted by molar-refractivity contribution is 8.00. The van der Waals surface area contributed by atoms with Crippen molar-refractivity contribution >= 4 is 22.7 Å². The minimum atomic E-state index is -0.114. The smallest absolute Gasteiger partial charge is 0.259 e. The summed E-state index contributed by atoms with van der Waals surface area (Å²) < 4.78 is 0. The Kier molecular flexibility index (Phi) is 2.06. The molecule has 1 radical (unpaired) electrons. The largest absolute Gasteiger partial charge is 0.301 e. The molecule has 2 aromatic rings. The van der Waals surface area contributed by atoms with Crippen molar-refractivity contribution in [2.75, 3.05) is 0 Å². The summed E-state index contributed by atoms with van der Waals surface area (Å²) in [6.07, 6.45) is 3.59. The Bertz CT molecular complexity index is 492. The number of H-pyrrole nitrogens is 1. The first kappa shape index (κ1) is 8.31. The van der Waals surface area contributed by atoms with Crippen molar-refractivity contribution in [1.29, 1.82) is 0 Å². The number of hydrogen-bond donors (Lipinski definition) is 1. The van der Waals surface area contributed by atoms with Crippen LogP contribution in [0.4, 0.5) is 0 Å². The van der Waals surface area contributed by atoms with Crippen LogP contribution in [0.5, 0.6) is 0 Å². The molecule has 0 spiro atoms. The van der Waals surface area contributed by atoms with Gasteiger partial charge in [-0.1, -0.05) is 23.9 Å². The lowest BCUT2D eigenvalue weighted by molar-refractivity contribution is 0.979. The molecule has 1 N–H and O–H groups in total. The van der Waals surface area contributed by atoms with Gasteiger partial charge < -0.3 is 4.98 Å². The SMILES string of the molecule is [CH2]Sc1nc2ccccc2c(=O)[nH]1. The lowest BCUT2D eigenvalue weighted by Crippen LogP contribution is -2.08. The van der Waals surface area contributed by atoms with Crippen molar-refractivity contribution in [3.8, 4) is 0 Å². The molecule has 0 amide bonds. The highest BCUT2D eigenvalue weighted by Crippen LogP contribution is 2.12. The van der Waals surface area contributed by atoms with E-state index in [0.717, 1.165) is 0 Å². The Labute approximate surface area is 79.2 Å². The lowest BCUT2D eigenvalue weighted by atomic mass is 10.2. The molecule has 0 aliphatic heterocycles. The molecule has 1 aromatic carbocycles. The minimum Gasteiger partial charge on any atom is -0.301 e. The van der Waals surface area contributed by atoms with Crippen LogP contribution in [0, 0.1) is 6.26 Å². The van der Waals surface area contributed by atoms with E-state index in [9.17, 15) is 4.79 Å². The van der Waals surface area contributed by atoms with Gasteiger partial charge in [0.25, 0.3) is 5.56 Å². The number of benzene rings is 1. The molecule has 0 atom stereocenters. The first-order valence-electron chi connectivity index (χ1n) is 3.72. The Morgan fingerprint density at radius 1 is 1.38 bits per heavy atom. The van der Waals surface area contributed by atoms with Crippen LogP contribution in [0.3, 0.4) is 0 Å². The average molecular weight is 191 g/mol. The van der Waals surface area contributed by atoms with Crippen LogP contribution in [-0.4, -0.2) is 9.97 Å². The second kappa shape index (κ2) is 3.22. The fraction of sp³-hybridized carbons (Fsp3) is 0. The number of nitrogens with zero attached hydrogens (tertiary/aromatic N) is 1. The minimum absolute atomic E-state index is 0.114. The van der Waals surface area contributed by atoms with E-state index in [4.69, 9.17) is 0 Å². The maximum atomic E-state index is 11.4. The third kappa shape index (κ3) is 1.45. The number of thioether (sulfide) groups is 1. The van der Waals surface area contributed by atoms with Crippen LogP contribution in [0.15, 0.2) is 34.2 Å². The topological polar surface area (TPSA) is 45.8 Å². The summed E-state index contributed by atoms with van der Waals surface area (Å²) in [4.78, 5) is 18.3. The number of hydrogen-bond acceptors (Lipinski definition) is 3. The molecule has 0 bridgehead atoms. The van der Waals surface area contributed by atoms with Crippen LogP contribution >= 0.6 is 11.8 Å². The lowest BCUT2D eigenvalue weighted by Gasteiger charge is -1.97. The monoisotopic (exact) mass is 191 g/mol. The number of nitrogens with one attached hydrogen (secondary N) is 1. The van der Waals surface area contributed by atoms with Gasteiger partial charge in [0.15, 0.2) is 5.16 Å². The molecule has 1 aromatic heterocycles. The predicted octanol–water partition coefficient (Wildman–Crippen LogP) is 1.81. The fourth-order valence-corrected chi connectivity index (χ4v) is 1.46. The van der Waals surface area contributed by atoms with Crippen molar-refractivity contribution < 1.29 is 0 Å². The number of aromatic nitrogens is 2. The Morgan fingerprint density at radius 3 is 2.92 bits per heavy atom. The van der Waals surface area contributed by atoms with E-state index in [1.165, 1.54) is 11.8 Å². The molecule has 2 rings (SSSR count). The van der Waals surface area contributed by atoms with Gasteiger partial charge in [-0.25, -0.2) is 4.98 Å². The predicted molar refractivity (Wildman–Crippen MR) is 53.6 cm³/mol. The molecule has 0 saturated heterocycles. The van der Waals surface area contributed by atoms with Gasteiger partial charge in [0.2, 0.25) is 0 Å². The van der Waals surface area contributed by atoms with Gasteiger partial charge in [-0.3, -0.25) is 4.79 Å². The van der Waals surface area contributed by atoms with Crippen LogP contribution < -0.4 is 5.56 Å². The normalized spacial score (nSPS) is 10.5. The van der Waals surface area contributed by atoms with Crippen molar-refractivity contribution in [2.45, 2.75) is 5.16 Å². The van der Waals surface area contributed by atoms with Gasteiger partial charge in [-0.15, -0.1) is 0 Å². The Hall–Kier alpha value is -1.29. The third-order valence-corrected chi connectivity index (χ3v) is 2.19. The van der Waals surface area contributed by atoms with Crippen molar-refractivity contribution in [1.82, 2.24) is 9.97 Å². The van der Waals surface area contributed by atoms with Gasteiger partial charge in [0.05, 0.1) is 10.9 Å². The molecule has 3 nitrogen and oxygen atoms in total. The van der Waals surface area contributed by atoms with Gasteiger partial charge >= 0.3 is 0 Å². The van der Waals surface area contributed by atoms with E-state index in [-0.39, 0.29) is 5.56 Å². The molecule has 0 saturated carbocycles. The molecule has 4 heteroatoms. The van der Waals surface area contributed by atoms with E-state index in [2.05, 4.69) is 16.2 Å². The van der Waals surface area contributed by atoms with Crippen molar-refractivity contribution in [2.24, 2.45) is 0 Å². The maximum Gasteiger partial charge on any atom is 0.259 e. The first-order chi connectivity index (χ1) is 6.31. The van der Waals surface area contributed by atoms with Crippen LogP contribution in [-0.2, 0) is 0 Å². The highest BCUT2D eigenvalue weighted by Gasteiger charge is 2.00. The van der Waals surface area contributed by atoms with Gasteiger partial charge in [0, 0.05) is 6.26 Å². The Morgan fingerprint density at radius 2 is 2.15 bits per heavy atom. The summed E-state index contributed by atoms with van der Waals surface area (Å²) in [6.45, 7) is 0. The molecular weight excluding hydrogens is 184 g/mol. The van der Waals surface area contributed by atoms with E-state index in [1.807, 2.05) is 18.2 Å². The van der Waals surface area contributed by atoms with E-state index < -0.39 is 0 Å². The standard InChI is InChI=1S/C9H7N2OS/c1-13-9-10-7-5-3-2-4-6(7)8(12)11-9/h2-5H,1H2,(H,10,11,12). The zero-order chi connectivity index (χ0) is 9.26. The summed E-state index contributed by atoms with van der Waals surface area (Å²) in [5.74, 6) is 0. The average Bonchev–Trinajstić information content (AvgIpc) is 2.18. The number of fused-ring (bicyclic) bond motifs is 1. The first-order valence-corrected chi connectivity index (χ1v) is 4.71. The second-order valence-corrected chi connectivity index (χ2v) is 3.21. The van der Waals surface area contributed by atoms with E-state index in [0.29, 0.717) is 16.1 Å². The van der Waals surface area contributed by atoms with Gasteiger partial charge in [-0.05, 0) is 12.1 Å². The molecule has 0 aliphatic rings. The van der Waals surface area contributed by atoms with Crippen molar-refractivity contribution in [3.63, 3.8) is 0 Å². The molecule has 65 valence electrons. The quantitative estimate of drug-likeness (QED) is 0.552. The third-order valence-electron chi connectivity index (χ3n) is 1.73. The second-order valence-electron chi connectivity index (χ2n) is 2.53. The van der Waals surface area contributed by atoms with Crippen molar-refractivity contribution in [3.05, 3.63) is 40.9 Å². The summed E-state index contributed by atoms with van der Waals surface area (Å²) in [7, 11) is 0. The zero-order valence-electron chi connectivity index (χ0n) is 6.78. The van der Waals surface area contributed by atoms with E-state index in [1.54, 1.807) is 6.07 Å². The molecular formula is C9H7N2OS. The molecule has 0 unspecified atom stereocenters. The Balaban J connectivity index is 2.85. The van der Waals surface area contributed by atoms with E-state index >= 15 is 0 Å².